The van der Waals surface area contributed by atoms with E-state index in [2.05, 4.69) is 5.32 Å². The minimum absolute atomic E-state index is 0.145. The maximum Gasteiger partial charge on any atom is 0.248 e. The van der Waals surface area contributed by atoms with Crippen molar-refractivity contribution in [3.05, 3.63) is 24.3 Å². The molecular formula is C16H18F2N2O2. The van der Waals surface area contributed by atoms with E-state index in [4.69, 9.17) is 0 Å². The Kier molecular flexibility index (Phi) is 3.85. The van der Waals surface area contributed by atoms with Crippen LogP contribution in [0, 0.1) is 5.92 Å². The number of fused-ring (bicyclic) bond motifs is 1. The van der Waals surface area contributed by atoms with Crippen molar-refractivity contribution in [1.82, 2.24) is 0 Å². The molecule has 118 valence electrons. The van der Waals surface area contributed by atoms with Crippen LogP contribution in [0.3, 0.4) is 0 Å². The zero-order valence-corrected chi connectivity index (χ0v) is 12.1. The highest BCUT2D eigenvalue weighted by molar-refractivity contribution is 6.04. The standard InChI is InChI=1S/C16H18F2N2O2/c17-16(18)8-3-4-11(10-16)15(22)20-9-7-14(21)19-12-5-1-2-6-13(12)20/h1-2,5-6,11H,3-4,7-10H2,(H,19,21)/t11-/m1/s1. The molecule has 1 fully saturated rings. The molecule has 1 aromatic carbocycles. The molecule has 0 radical (unpaired) electrons. The van der Waals surface area contributed by atoms with E-state index in [9.17, 15) is 18.4 Å². The fraction of sp³-hybridized carbons (Fsp3) is 0.500. The van der Waals surface area contributed by atoms with Crippen molar-refractivity contribution >= 4 is 23.2 Å². The fourth-order valence-corrected chi connectivity index (χ4v) is 3.19. The number of para-hydroxylation sites is 2. The van der Waals surface area contributed by atoms with Crippen LogP contribution in [-0.2, 0) is 9.59 Å². The lowest BCUT2D eigenvalue weighted by atomic mass is 9.85. The van der Waals surface area contributed by atoms with E-state index >= 15 is 0 Å². The largest absolute Gasteiger partial charge is 0.324 e. The summed E-state index contributed by atoms with van der Waals surface area (Å²) in [5.41, 5.74) is 1.15. The Hall–Kier alpha value is -1.98. The summed E-state index contributed by atoms with van der Waals surface area (Å²) in [5.74, 6) is -3.91. The molecule has 1 atom stereocenters. The van der Waals surface area contributed by atoms with Crippen molar-refractivity contribution in [2.45, 2.75) is 38.0 Å². The van der Waals surface area contributed by atoms with E-state index < -0.39 is 18.3 Å². The van der Waals surface area contributed by atoms with Gasteiger partial charge in [-0.25, -0.2) is 8.78 Å². The van der Waals surface area contributed by atoms with Gasteiger partial charge in [0.2, 0.25) is 17.7 Å². The number of nitrogens with one attached hydrogen (secondary N) is 1. The number of nitrogens with zero attached hydrogens (tertiary/aromatic N) is 1. The van der Waals surface area contributed by atoms with Crippen LogP contribution in [0.15, 0.2) is 24.3 Å². The Morgan fingerprint density at radius 2 is 2.09 bits per heavy atom. The summed E-state index contributed by atoms with van der Waals surface area (Å²) in [6.45, 7) is 0.226. The van der Waals surface area contributed by atoms with Gasteiger partial charge >= 0.3 is 0 Å². The summed E-state index contributed by atoms with van der Waals surface area (Å²) >= 11 is 0. The Balaban J connectivity index is 1.87. The van der Waals surface area contributed by atoms with Gasteiger partial charge in [-0.3, -0.25) is 9.59 Å². The number of hydrogen-bond donors (Lipinski definition) is 1. The predicted octanol–water partition coefficient (Wildman–Crippen LogP) is 3.19. The van der Waals surface area contributed by atoms with Crippen LogP contribution in [0.25, 0.3) is 0 Å². The normalized spacial score (nSPS) is 24.2. The molecular weight excluding hydrogens is 290 g/mol. The summed E-state index contributed by atoms with van der Waals surface area (Å²) in [6, 6.07) is 6.99. The van der Waals surface area contributed by atoms with Gasteiger partial charge in [-0.2, -0.15) is 0 Å². The van der Waals surface area contributed by atoms with Crippen molar-refractivity contribution < 1.29 is 18.4 Å². The molecule has 0 saturated heterocycles. The first-order valence-electron chi connectivity index (χ1n) is 7.54. The van der Waals surface area contributed by atoms with Crippen LogP contribution in [0.1, 0.15) is 32.1 Å². The average molecular weight is 308 g/mol. The van der Waals surface area contributed by atoms with Gasteiger partial charge in [0, 0.05) is 31.7 Å². The summed E-state index contributed by atoms with van der Waals surface area (Å²) in [7, 11) is 0. The monoisotopic (exact) mass is 308 g/mol. The maximum absolute atomic E-state index is 13.6. The number of anilines is 2. The van der Waals surface area contributed by atoms with E-state index in [1.807, 2.05) is 0 Å². The number of hydrogen-bond acceptors (Lipinski definition) is 2. The number of alkyl halides is 2. The van der Waals surface area contributed by atoms with Crippen LogP contribution < -0.4 is 10.2 Å². The minimum Gasteiger partial charge on any atom is -0.324 e. The third-order valence-electron chi connectivity index (χ3n) is 4.29. The van der Waals surface area contributed by atoms with Gasteiger partial charge in [-0.15, -0.1) is 0 Å². The molecule has 2 aliphatic rings. The van der Waals surface area contributed by atoms with Gasteiger partial charge in [0.1, 0.15) is 0 Å². The molecule has 0 spiro atoms. The topological polar surface area (TPSA) is 49.4 Å². The number of carbonyl (C=O) groups is 2. The van der Waals surface area contributed by atoms with Crippen LogP contribution in [0.4, 0.5) is 20.2 Å². The molecule has 1 N–H and O–H groups in total. The first-order valence-corrected chi connectivity index (χ1v) is 7.54. The lowest BCUT2D eigenvalue weighted by Gasteiger charge is -2.32. The zero-order valence-electron chi connectivity index (χ0n) is 12.1. The second-order valence-corrected chi connectivity index (χ2v) is 5.95. The van der Waals surface area contributed by atoms with Crippen molar-refractivity contribution in [3.8, 4) is 0 Å². The number of benzene rings is 1. The fourth-order valence-electron chi connectivity index (χ4n) is 3.19. The van der Waals surface area contributed by atoms with Crippen LogP contribution in [-0.4, -0.2) is 24.3 Å². The van der Waals surface area contributed by atoms with E-state index in [-0.39, 0.29) is 31.2 Å². The molecule has 0 unspecified atom stereocenters. The lowest BCUT2D eigenvalue weighted by Crippen LogP contribution is -2.41. The van der Waals surface area contributed by atoms with Gasteiger partial charge in [-0.1, -0.05) is 12.1 Å². The Morgan fingerprint density at radius 1 is 1.32 bits per heavy atom. The average Bonchev–Trinajstić information content (AvgIpc) is 2.64. The third-order valence-corrected chi connectivity index (χ3v) is 4.29. The van der Waals surface area contributed by atoms with Gasteiger partial charge in [0.05, 0.1) is 11.4 Å². The highest BCUT2D eigenvalue weighted by Gasteiger charge is 2.41. The van der Waals surface area contributed by atoms with E-state index in [1.54, 1.807) is 24.3 Å². The molecule has 22 heavy (non-hydrogen) atoms. The highest BCUT2D eigenvalue weighted by atomic mass is 19.3. The summed E-state index contributed by atoms with van der Waals surface area (Å²) in [4.78, 5) is 25.9. The Labute approximate surface area is 127 Å². The van der Waals surface area contributed by atoms with E-state index in [1.165, 1.54) is 4.90 Å². The molecule has 1 heterocycles. The molecule has 2 amide bonds. The molecule has 0 bridgehead atoms. The van der Waals surface area contributed by atoms with E-state index in [0.717, 1.165) is 0 Å². The van der Waals surface area contributed by atoms with Gasteiger partial charge < -0.3 is 10.2 Å². The number of rotatable bonds is 1. The SMILES string of the molecule is O=C1CCN(C(=O)[C@@H]2CCCC(F)(F)C2)c2ccccc2N1. The van der Waals surface area contributed by atoms with E-state index in [0.29, 0.717) is 24.2 Å². The van der Waals surface area contributed by atoms with Crippen molar-refractivity contribution in [2.75, 3.05) is 16.8 Å². The number of amides is 2. The summed E-state index contributed by atoms with van der Waals surface area (Å²) < 4.78 is 27.2. The molecule has 1 aromatic rings. The summed E-state index contributed by atoms with van der Waals surface area (Å²) in [5, 5.41) is 2.75. The number of carbonyl (C=O) groups excluding carboxylic acids is 2. The second kappa shape index (κ2) is 5.66. The minimum atomic E-state index is -2.77. The van der Waals surface area contributed by atoms with Crippen LogP contribution in [0.5, 0.6) is 0 Å². The van der Waals surface area contributed by atoms with Crippen molar-refractivity contribution in [1.29, 1.82) is 0 Å². The quantitative estimate of drug-likeness (QED) is 0.866. The molecule has 0 aromatic heterocycles. The third kappa shape index (κ3) is 2.96. The van der Waals surface area contributed by atoms with Crippen molar-refractivity contribution in [3.63, 3.8) is 0 Å². The van der Waals surface area contributed by atoms with Crippen molar-refractivity contribution in [2.24, 2.45) is 5.92 Å². The second-order valence-electron chi connectivity index (χ2n) is 5.95. The zero-order chi connectivity index (χ0) is 15.7. The maximum atomic E-state index is 13.6. The molecule has 1 aliphatic heterocycles. The molecule has 1 saturated carbocycles. The van der Waals surface area contributed by atoms with Gasteiger partial charge in [0.25, 0.3) is 0 Å². The molecule has 6 heteroatoms. The molecule has 1 aliphatic carbocycles. The van der Waals surface area contributed by atoms with Crippen LogP contribution in [0.2, 0.25) is 0 Å². The van der Waals surface area contributed by atoms with Gasteiger partial charge in [-0.05, 0) is 25.0 Å². The van der Waals surface area contributed by atoms with Crippen LogP contribution >= 0.6 is 0 Å². The molecule has 3 rings (SSSR count). The predicted molar refractivity (Wildman–Crippen MR) is 78.9 cm³/mol. The Bertz CT molecular complexity index is 604. The number of halogens is 2. The molecule has 4 nitrogen and oxygen atoms in total. The van der Waals surface area contributed by atoms with Gasteiger partial charge in [0.15, 0.2) is 0 Å². The summed E-state index contributed by atoms with van der Waals surface area (Å²) in [6.07, 6.45) is 0.466. The smallest absolute Gasteiger partial charge is 0.248 e. The first kappa shape index (κ1) is 14.9. The Morgan fingerprint density at radius 3 is 2.86 bits per heavy atom. The highest BCUT2D eigenvalue weighted by Crippen LogP contribution is 2.39. The lowest BCUT2D eigenvalue weighted by molar-refractivity contribution is -0.129. The first-order chi connectivity index (χ1) is 10.5.